The van der Waals surface area contributed by atoms with E-state index in [0.717, 1.165) is 12.8 Å². The molecule has 0 fully saturated rings. The third-order valence-corrected chi connectivity index (χ3v) is 2.46. The van der Waals surface area contributed by atoms with Crippen LogP contribution in [0.5, 0.6) is 0 Å². The lowest BCUT2D eigenvalue weighted by Gasteiger charge is -2.13. The number of rotatable bonds is 9. The van der Waals surface area contributed by atoms with E-state index in [0.29, 0.717) is 0 Å². The molecule has 0 aromatic carbocycles. The number of nitrogens with one attached hydrogen (secondary N) is 1. The molecule has 4 nitrogen and oxygen atoms in total. The summed E-state index contributed by atoms with van der Waals surface area (Å²) < 4.78 is 0. The first-order chi connectivity index (χ1) is 7.56. The standard InChI is InChI=1S/C12H23NO3/c1-3-4-5-6-7-10(2)13-11(14)8-9-12(15)16/h10H,3-9H2,1-2H3,(H,13,14)(H,15,16). The van der Waals surface area contributed by atoms with E-state index in [2.05, 4.69) is 12.2 Å². The molecule has 0 aliphatic carbocycles. The van der Waals surface area contributed by atoms with Gasteiger partial charge in [0.15, 0.2) is 0 Å². The van der Waals surface area contributed by atoms with Crippen molar-refractivity contribution in [3.8, 4) is 0 Å². The Balaban J connectivity index is 3.50. The van der Waals surface area contributed by atoms with E-state index in [-0.39, 0.29) is 24.8 Å². The largest absolute Gasteiger partial charge is 0.481 e. The lowest BCUT2D eigenvalue weighted by atomic mass is 10.1. The molecule has 0 heterocycles. The molecule has 4 heteroatoms. The normalized spacial score (nSPS) is 12.1. The van der Waals surface area contributed by atoms with Crippen LogP contribution in [0, 0.1) is 0 Å². The molecule has 16 heavy (non-hydrogen) atoms. The fraction of sp³-hybridized carbons (Fsp3) is 0.833. The van der Waals surface area contributed by atoms with E-state index in [1.54, 1.807) is 0 Å². The number of unbranched alkanes of at least 4 members (excludes halogenated alkanes) is 3. The van der Waals surface area contributed by atoms with Gasteiger partial charge in [0.25, 0.3) is 0 Å². The Labute approximate surface area is 97.4 Å². The maximum Gasteiger partial charge on any atom is 0.303 e. The van der Waals surface area contributed by atoms with Gasteiger partial charge in [0.05, 0.1) is 6.42 Å². The van der Waals surface area contributed by atoms with Gasteiger partial charge in [0.2, 0.25) is 5.91 Å². The number of carbonyl (C=O) groups excluding carboxylic acids is 1. The van der Waals surface area contributed by atoms with Crippen LogP contribution in [0.3, 0.4) is 0 Å². The average Bonchev–Trinajstić information content (AvgIpc) is 2.21. The van der Waals surface area contributed by atoms with Gasteiger partial charge in [-0.25, -0.2) is 0 Å². The van der Waals surface area contributed by atoms with Crippen LogP contribution >= 0.6 is 0 Å². The van der Waals surface area contributed by atoms with Gasteiger partial charge in [-0.3, -0.25) is 9.59 Å². The van der Waals surface area contributed by atoms with Crippen molar-refractivity contribution in [3.63, 3.8) is 0 Å². The van der Waals surface area contributed by atoms with Gasteiger partial charge in [-0.15, -0.1) is 0 Å². The zero-order chi connectivity index (χ0) is 12.4. The van der Waals surface area contributed by atoms with Gasteiger partial charge < -0.3 is 10.4 Å². The summed E-state index contributed by atoms with van der Waals surface area (Å²) in [5.74, 6) is -1.09. The fourth-order valence-electron chi connectivity index (χ4n) is 1.52. The summed E-state index contributed by atoms with van der Waals surface area (Å²) in [6, 6.07) is 0.151. The van der Waals surface area contributed by atoms with Crippen LogP contribution in [0.15, 0.2) is 0 Å². The lowest BCUT2D eigenvalue weighted by molar-refractivity contribution is -0.138. The number of amides is 1. The van der Waals surface area contributed by atoms with Crippen LogP contribution in [0.2, 0.25) is 0 Å². The van der Waals surface area contributed by atoms with Gasteiger partial charge in [-0.2, -0.15) is 0 Å². The van der Waals surface area contributed by atoms with Crippen molar-refractivity contribution in [1.29, 1.82) is 0 Å². The van der Waals surface area contributed by atoms with Crippen LogP contribution in [-0.2, 0) is 9.59 Å². The molecule has 1 atom stereocenters. The fourth-order valence-corrected chi connectivity index (χ4v) is 1.52. The molecule has 0 saturated carbocycles. The second-order valence-electron chi connectivity index (χ2n) is 4.21. The average molecular weight is 229 g/mol. The van der Waals surface area contributed by atoms with Crippen molar-refractivity contribution in [1.82, 2.24) is 5.32 Å². The quantitative estimate of drug-likeness (QED) is 0.596. The minimum Gasteiger partial charge on any atom is -0.481 e. The number of hydrogen-bond acceptors (Lipinski definition) is 2. The highest BCUT2D eigenvalue weighted by molar-refractivity contribution is 5.80. The van der Waals surface area contributed by atoms with Crippen molar-refractivity contribution in [2.45, 2.75) is 64.8 Å². The molecule has 0 rings (SSSR count). The van der Waals surface area contributed by atoms with Crippen molar-refractivity contribution < 1.29 is 14.7 Å². The summed E-state index contributed by atoms with van der Waals surface area (Å²) in [6.07, 6.45) is 5.72. The van der Waals surface area contributed by atoms with Crippen LogP contribution < -0.4 is 5.32 Å². The van der Waals surface area contributed by atoms with Crippen LogP contribution in [0.25, 0.3) is 0 Å². The predicted octanol–water partition coefficient (Wildman–Crippen LogP) is 2.33. The summed E-state index contributed by atoms with van der Waals surface area (Å²) >= 11 is 0. The van der Waals surface area contributed by atoms with Crippen molar-refractivity contribution >= 4 is 11.9 Å². The van der Waals surface area contributed by atoms with E-state index in [1.165, 1.54) is 19.3 Å². The lowest BCUT2D eigenvalue weighted by Crippen LogP contribution is -2.32. The third kappa shape index (κ3) is 9.49. The van der Waals surface area contributed by atoms with Gasteiger partial charge in [-0.1, -0.05) is 32.6 Å². The number of carbonyl (C=O) groups is 2. The molecular formula is C12H23NO3. The highest BCUT2D eigenvalue weighted by Crippen LogP contribution is 2.05. The molecule has 1 unspecified atom stereocenters. The zero-order valence-electron chi connectivity index (χ0n) is 10.3. The van der Waals surface area contributed by atoms with Gasteiger partial charge in [0, 0.05) is 12.5 Å². The minimum atomic E-state index is -0.925. The number of carboxylic acid groups (broad SMARTS) is 1. The minimum absolute atomic E-state index is 0.0780. The summed E-state index contributed by atoms with van der Waals surface area (Å²) in [5.41, 5.74) is 0. The van der Waals surface area contributed by atoms with Crippen LogP contribution in [-0.4, -0.2) is 23.0 Å². The highest BCUT2D eigenvalue weighted by Gasteiger charge is 2.08. The Morgan fingerprint density at radius 2 is 1.88 bits per heavy atom. The number of hydrogen-bond donors (Lipinski definition) is 2. The first-order valence-electron chi connectivity index (χ1n) is 6.07. The Morgan fingerprint density at radius 1 is 1.19 bits per heavy atom. The first-order valence-corrected chi connectivity index (χ1v) is 6.07. The van der Waals surface area contributed by atoms with Gasteiger partial charge in [0.1, 0.15) is 0 Å². The molecule has 0 spiro atoms. The maximum absolute atomic E-state index is 11.3. The number of carboxylic acids is 1. The molecule has 0 radical (unpaired) electrons. The topological polar surface area (TPSA) is 66.4 Å². The highest BCUT2D eigenvalue weighted by atomic mass is 16.4. The number of aliphatic carboxylic acids is 1. The molecular weight excluding hydrogens is 206 g/mol. The molecule has 2 N–H and O–H groups in total. The van der Waals surface area contributed by atoms with Crippen LogP contribution in [0.1, 0.15) is 58.8 Å². The maximum atomic E-state index is 11.3. The smallest absolute Gasteiger partial charge is 0.303 e. The Hall–Kier alpha value is -1.06. The molecule has 0 aliphatic heterocycles. The zero-order valence-corrected chi connectivity index (χ0v) is 10.3. The Kier molecular flexibility index (Phi) is 8.58. The van der Waals surface area contributed by atoms with Crippen molar-refractivity contribution in [3.05, 3.63) is 0 Å². The summed E-state index contributed by atoms with van der Waals surface area (Å²) in [6.45, 7) is 4.13. The molecule has 0 bridgehead atoms. The van der Waals surface area contributed by atoms with E-state index in [1.807, 2.05) is 6.92 Å². The van der Waals surface area contributed by atoms with Crippen LogP contribution in [0.4, 0.5) is 0 Å². The Morgan fingerprint density at radius 3 is 2.44 bits per heavy atom. The molecule has 1 amide bonds. The second-order valence-corrected chi connectivity index (χ2v) is 4.21. The summed E-state index contributed by atoms with van der Waals surface area (Å²) in [7, 11) is 0. The molecule has 0 saturated heterocycles. The van der Waals surface area contributed by atoms with E-state index in [9.17, 15) is 9.59 Å². The molecule has 0 aromatic rings. The van der Waals surface area contributed by atoms with E-state index < -0.39 is 5.97 Å². The Bertz CT molecular complexity index is 216. The SMILES string of the molecule is CCCCCCC(C)NC(=O)CCC(=O)O. The monoisotopic (exact) mass is 229 g/mol. The molecule has 0 aromatic heterocycles. The summed E-state index contributed by atoms with van der Waals surface area (Å²) in [4.78, 5) is 21.5. The van der Waals surface area contributed by atoms with Gasteiger partial charge >= 0.3 is 5.97 Å². The predicted molar refractivity (Wildman–Crippen MR) is 63.2 cm³/mol. The molecule has 94 valence electrons. The van der Waals surface area contributed by atoms with E-state index in [4.69, 9.17) is 5.11 Å². The van der Waals surface area contributed by atoms with Gasteiger partial charge in [-0.05, 0) is 13.3 Å². The molecule has 0 aliphatic rings. The second kappa shape index (κ2) is 9.19. The van der Waals surface area contributed by atoms with Crippen molar-refractivity contribution in [2.24, 2.45) is 0 Å². The van der Waals surface area contributed by atoms with Crippen molar-refractivity contribution in [2.75, 3.05) is 0 Å². The third-order valence-electron chi connectivity index (χ3n) is 2.46. The summed E-state index contributed by atoms with van der Waals surface area (Å²) in [5, 5.41) is 11.2. The first kappa shape index (κ1) is 14.9. The van der Waals surface area contributed by atoms with E-state index >= 15 is 0 Å².